The molecule has 4 aliphatic rings. The number of aromatic amines is 1. The molecule has 9 N–H and O–H groups in total. The van der Waals surface area contributed by atoms with Crippen LogP contribution in [0, 0.1) is 12.3 Å². The van der Waals surface area contributed by atoms with Crippen LogP contribution in [-0.2, 0) is 57.5 Å². The van der Waals surface area contributed by atoms with Gasteiger partial charge in [0.2, 0.25) is 35.4 Å². The Kier molecular flexibility index (Phi) is 19.4. The predicted octanol–water partition coefficient (Wildman–Crippen LogP) is 4.42. The largest absolute Gasteiger partial charge is 0.490 e. The number of thiazole rings is 1. The molecule has 7 amide bonds. The molecule has 3 fully saturated rings. The Labute approximate surface area is 526 Å². The number of nitrogens with one attached hydrogen (secondary N) is 4. The highest BCUT2D eigenvalue weighted by atomic mass is 35.5. The summed E-state index contributed by atoms with van der Waals surface area (Å²) in [5, 5.41) is 29.3. The van der Waals surface area contributed by atoms with Gasteiger partial charge < -0.3 is 65.7 Å². The van der Waals surface area contributed by atoms with Crippen LogP contribution < -0.4 is 26.4 Å². The van der Waals surface area contributed by atoms with E-state index in [9.17, 15) is 57.8 Å². The van der Waals surface area contributed by atoms with Gasteiger partial charge in [0.05, 0.1) is 69.9 Å². The highest BCUT2D eigenvalue weighted by molar-refractivity contribution is 7.70. The number of H-pyrrole nitrogens is 1. The maximum absolute atomic E-state index is 14.9. The summed E-state index contributed by atoms with van der Waals surface area (Å²) in [4.78, 5) is 140. The molecule has 0 unspecified atom stereocenters. The summed E-state index contributed by atoms with van der Waals surface area (Å²) in [5.41, 5.74) is 10.0. The number of benzene rings is 3. The Morgan fingerprint density at radius 2 is 1.73 bits per heavy atom. The number of carbonyl (C=O) groups excluding carboxylic acids is 8. The van der Waals surface area contributed by atoms with Crippen LogP contribution in [0.25, 0.3) is 21.3 Å². The minimum Gasteiger partial charge on any atom is -0.490 e. The summed E-state index contributed by atoms with van der Waals surface area (Å²) in [6.45, 7) is 8.96. The van der Waals surface area contributed by atoms with E-state index in [1.54, 1.807) is 33.7 Å². The number of hydrogen-bond acceptors (Lipinski definition) is 16. The summed E-state index contributed by atoms with van der Waals surface area (Å²) >= 11 is 8.57. The van der Waals surface area contributed by atoms with E-state index in [1.165, 1.54) is 45.9 Å². The third-order valence-corrected chi connectivity index (χ3v) is 19.4. The number of aliphatic hydroxyl groups excluding tert-OH is 1. The van der Waals surface area contributed by atoms with Crippen molar-refractivity contribution >= 4 is 88.3 Å². The van der Waals surface area contributed by atoms with Crippen LogP contribution in [0.4, 0.5) is 0 Å². The molecule has 478 valence electrons. The molecule has 0 bridgehead atoms. The maximum Gasteiger partial charge on any atom is 0.396 e. The van der Waals surface area contributed by atoms with E-state index in [2.05, 4.69) is 36.2 Å². The van der Waals surface area contributed by atoms with Crippen molar-refractivity contribution in [1.29, 1.82) is 0 Å². The molecule has 0 radical (unpaired) electrons. The SMILES string of the molecule is CC(=O)N1C[C@H]2CC[C@@H](C(=O)N[C@@H](CCC(N)=O)COc3cccc(CCCc4nnn5c4COCC(C)(C)[C@@H]5C(=O)N4C[C@H](O)C[C@H]4C(=O)N[C@@H](C)c4ccc(-c5scnc5C)cc4)c3Cl)N2C(=O)[C@@H](NC(=O)c2cc3cc(C(=O)P(=O)(O)O)ccc3[nH]2)C1. The molecule has 3 saturated heterocycles. The lowest BCUT2D eigenvalue weighted by atomic mass is 9.84. The van der Waals surface area contributed by atoms with Gasteiger partial charge in [0, 0.05) is 61.3 Å². The molecule has 26 nitrogen and oxygen atoms in total. The Morgan fingerprint density at radius 1 is 0.978 bits per heavy atom. The highest BCUT2D eigenvalue weighted by Crippen LogP contribution is 2.41. The van der Waals surface area contributed by atoms with E-state index in [1.807, 2.05) is 58.0 Å². The molecule has 0 aliphatic carbocycles. The van der Waals surface area contributed by atoms with E-state index in [0.29, 0.717) is 53.4 Å². The number of carbonyl (C=O) groups is 8. The smallest absolute Gasteiger partial charge is 0.396 e. The van der Waals surface area contributed by atoms with Gasteiger partial charge in [-0.3, -0.25) is 42.9 Å². The Morgan fingerprint density at radius 3 is 2.44 bits per heavy atom. The van der Waals surface area contributed by atoms with Crippen LogP contribution in [0.2, 0.25) is 5.02 Å². The number of halogens is 1. The van der Waals surface area contributed by atoms with Crippen molar-refractivity contribution in [2.75, 3.05) is 32.8 Å². The summed E-state index contributed by atoms with van der Waals surface area (Å²) in [5.74, 6) is -3.41. The number of aliphatic hydroxyl groups is 1. The summed E-state index contributed by atoms with van der Waals surface area (Å²) in [6, 6.07) is 12.3. The van der Waals surface area contributed by atoms with E-state index < -0.39 is 90.6 Å². The average Bonchev–Trinajstić information content (AvgIpc) is 1.66. The molecular weight excluding hydrogens is 1220 g/mol. The predicted molar refractivity (Wildman–Crippen MR) is 329 cm³/mol. The lowest BCUT2D eigenvalue weighted by Gasteiger charge is -2.35. The van der Waals surface area contributed by atoms with Crippen molar-refractivity contribution in [3.63, 3.8) is 0 Å². The van der Waals surface area contributed by atoms with Crippen LogP contribution in [0.1, 0.15) is 127 Å². The first kappa shape index (κ1) is 65.1. The number of nitrogens with zero attached hydrogens (tertiary/aromatic N) is 7. The van der Waals surface area contributed by atoms with E-state index >= 15 is 0 Å². The number of nitrogens with two attached hydrogens (primary N) is 1. The molecule has 10 rings (SSSR count). The number of hydrogen-bond donors (Lipinski definition) is 8. The van der Waals surface area contributed by atoms with Crippen molar-refractivity contribution in [1.82, 2.24) is 55.6 Å². The Hall–Kier alpha value is -7.91. The monoisotopic (exact) mass is 1290 g/mol. The molecule has 7 heterocycles. The quantitative estimate of drug-likeness (QED) is 0.0462. The van der Waals surface area contributed by atoms with Gasteiger partial charge in [-0.2, -0.15) is 0 Å². The zero-order valence-corrected chi connectivity index (χ0v) is 52.7. The van der Waals surface area contributed by atoms with E-state index in [0.717, 1.165) is 27.3 Å². The van der Waals surface area contributed by atoms with Gasteiger partial charge >= 0.3 is 7.60 Å². The van der Waals surface area contributed by atoms with Crippen LogP contribution in [-0.4, -0.2) is 171 Å². The minimum absolute atomic E-state index is 0.0394. The third kappa shape index (κ3) is 14.2. The van der Waals surface area contributed by atoms with E-state index in [-0.39, 0.29) is 99.5 Å². The van der Waals surface area contributed by atoms with Gasteiger partial charge in [-0.15, -0.1) is 16.4 Å². The number of ether oxygens (including phenoxy) is 2. The minimum atomic E-state index is -5.09. The molecule has 8 atom stereocenters. The standard InChI is InChI=1S/C61H72ClN12O14PS/c1-32(35-12-14-37(15-13-35)53-33(2)64-31-90-53)65-57(80)48-24-42(76)26-72(48)59(82)54-61(4,5)30-87-29-49-44(69-70-74(49)54)10-6-8-36-9-7-11-50(52(36)62)88-28-40(17-21-51(63)77)66-56(79)47-20-18-41-25-71(34(3)75)27-46(58(81)73(41)47)68-55(78)45-23-39-22-38(16-19-43(39)67-45)60(83)89(84,85)86/h7,9,11-16,19,22-23,31-32,40-42,46-48,54,67,76H,6,8,10,17-18,20-21,24-30H2,1-5H3,(H2,63,77)(H,65,80)(H,66,79)(H,68,78)(H2,84,85,86)/t32-,40-,41+,42+,46-,47-,48-,54-/m0/s1. The van der Waals surface area contributed by atoms with Crippen molar-refractivity contribution in [3.8, 4) is 16.2 Å². The van der Waals surface area contributed by atoms with Crippen LogP contribution >= 0.6 is 30.5 Å². The lowest BCUT2D eigenvalue weighted by molar-refractivity contribution is -0.145. The number of fused-ring (bicyclic) bond motifs is 3. The fourth-order valence-corrected chi connectivity index (χ4v) is 14.0. The highest BCUT2D eigenvalue weighted by Gasteiger charge is 2.50. The number of β-amino-alcohol motifs (C(OH)–C–C–N with tert-alkyl or cyclic N) is 1. The van der Waals surface area contributed by atoms with Crippen molar-refractivity contribution in [3.05, 3.63) is 117 Å². The number of likely N-dealkylation sites (tertiary alicyclic amines) is 1. The molecule has 4 aliphatic heterocycles. The maximum atomic E-state index is 14.9. The number of rotatable bonds is 21. The van der Waals surface area contributed by atoms with Gasteiger partial charge in [-0.25, -0.2) is 9.67 Å². The first-order chi connectivity index (χ1) is 42.8. The molecular formula is C61H72ClN12O14PS. The van der Waals surface area contributed by atoms with Gasteiger partial charge in [0.25, 0.3) is 11.4 Å². The number of aromatic nitrogens is 5. The van der Waals surface area contributed by atoms with Gasteiger partial charge in [0.1, 0.15) is 42.2 Å². The zero-order chi connectivity index (χ0) is 64.5. The second kappa shape index (κ2) is 26.9. The Bertz CT molecular complexity index is 3810. The molecule has 6 aromatic rings. The van der Waals surface area contributed by atoms with Gasteiger partial charge in [-0.05, 0) is 99.4 Å². The summed E-state index contributed by atoms with van der Waals surface area (Å²) in [7, 11) is -5.09. The van der Waals surface area contributed by atoms with Crippen molar-refractivity contribution in [2.45, 2.75) is 141 Å². The molecule has 0 saturated carbocycles. The van der Waals surface area contributed by atoms with Gasteiger partial charge in [-0.1, -0.05) is 67.1 Å². The molecule has 0 spiro atoms. The van der Waals surface area contributed by atoms with Crippen molar-refractivity contribution < 1.29 is 67.3 Å². The fraction of sp³-hybridized carbons (Fsp3) is 0.459. The molecule has 29 heteroatoms. The Balaban J connectivity index is 0.770. The lowest BCUT2D eigenvalue weighted by Crippen LogP contribution is -2.57. The first-order valence-electron chi connectivity index (χ1n) is 29.7. The van der Waals surface area contributed by atoms with Crippen LogP contribution in [0.3, 0.4) is 0 Å². The number of aryl methyl sites for hydroxylation is 3. The normalized spacial score (nSPS) is 21.4. The fourth-order valence-electron chi connectivity index (χ4n) is 12.4. The van der Waals surface area contributed by atoms with E-state index in [4.69, 9.17) is 26.8 Å². The summed E-state index contributed by atoms with van der Waals surface area (Å²) in [6.07, 6.45) is 1.05. The summed E-state index contributed by atoms with van der Waals surface area (Å²) < 4.78 is 25.7. The zero-order valence-electron chi connectivity index (χ0n) is 50.2. The second-order valence-corrected chi connectivity index (χ2v) is 26.9. The van der Waals surface area contributed by atoms with Crippen LogP contribution in [0.15, 0.2) is 72.2 Å². The van der Waals surface area contributed by atoms with Crippen LogP contribution in [0.5, 0.6) is 5.75 Å². The molecule has 3 aromatic carbocycles. The second-order valence-electron chi connectivity index (χ2n) is 24.2. The number of primary amides is 1. The first-order valence-corrected chi connectivity index (χ1v) is 32.5. The average molecular weight is 1300 g/mol. The molecule has 3 aromatic heterocycles. The number of amides is 7. The topological polar surface area (TPSA) is 364 Å². The van der Waals surface area contributed by atoms with Crippen molar-refractivity contribution in [2.24, 2.45) is 11.1 Å². The van der Waals surface area contributed by atoms with Gasteiger partial charge in [0.15, 0.2) is 0 Å². The molecule has 90 heavy (non-hydrogen) atoms. The third-order valence-electron chi connectivity index (χ3n) is 17.2.